The molecule has 0 aliphatic carbocycles. The highest BCUT2D eigenvalue weighted by atomic mass is 32.1. The fourth-order valence-corrected chi connectivity index (χ4v) is 3.16. The minimum absolute atomic E-state index is 0.0387. The summed E-state index contributed by atoms with van der Waals surface area (Å²) in [6, 6.07) is 11.6. The van der Waals surface area contributed by atoms with E-state index in [4.69, 9.17) is 12.2 Å². The molecule has 27 heavy (non-hydrogen) atoms. The Bertz CT molecular complexity index is 1040. The molecule has 1 heterocycles. The summed E-state index contributed by atoms with van der Waals surface area (Å²) in [4.78, 5) is 26.7. The molecule has 0 radical (unpaired) electrons. The number of hydrogen-bond acceptors (Lipinski definition) is 6. The van der Waals surface area contributed by atoms with Crippen molar-refractivity contribution in [2.75, 3.05) is 5.32 Å². The summed E-state index contributed by atoms with van der Waals surface area (Å²) in [5.74, 6) is -1.33. The fourth-order valence-electron chi connectivity index (χ4n) is 2.19. The molecule has 0 atom stereocenters. The molecular weight excluding hydrogens is 391 g/mol. The van der Waals surface area contributed by atoms with Gasteiger partial charge in [-0.25, -0.2) is 9.37 Å². The van der Waals surface area contributed by atoms with Crippen molar-refractivity contribution in [2.24, 2.45) is 0 Å². The zero-order chi connectivity index (χ0) is 19.4. The number of nitrogens with zero attached hydrogens (tertiary/aromatic N) is 2. The second-order valence-electron chi connectivity index (χ2n) is 5.23. The molecule has 2 N–H and O–H groups in total. The third-order valence-electron chi connectivity index (χ3n) is 3.42. The molecule has 0 aliphatic heterocycles. The monoisotopic (exact) mass is 402 g/mol. The van der Waals surface area contributed by atoms with E-state index in [2.05, 4.69) is 15.6 Å². The second-order valence-corrected chi connectivity index (χ2v) is 6.50. The van der Waals surface area contributed by atoms with Gasteiger partial charge in [-0.3, -0.25) is 20.2 Å². The number of benzene rings is 2. The Morgan fingerprint density at radius 2 is 2.00 bits per heavy atom. The zero-order valence-corrected chi connectivity index (χ0v) is 15.1. The van der Waals surface area contributed by atoms with Gasteiger partial charge in [0.25, 0.3) is 11.6 Å². The number of hydrogen-bond donors (Lipinski definition) is 2. The number of carbonyl (C=O) groups is 1. The molecule has 0 bridgehead atoms. The van der Waals surface area contributed by atoms with Crippen LogP contribution in [0.4, 0.5) is 15.2 Å². The van der Waals surface area contributed by atoms with Crippen molar-refractivity contribution in [1.82, 2.24) is 10.3 Å². The lowest BCUT2D eigenvalue weighted by Crippen LogP contribution is -2.34. The first kappa shape index (κ1) is 18.5. The Hall–Kier alpha value is -3.24. The number of thiazole rings is 1. The van der Waals surface area contributed by atoms with E-state index in [1.54, 1.807) is 23.6 Å². The van der Waals surface area contributed by atoms with Crippen LogP contribution in [0.25, 0.3) is 11.3 Å². The predicted molar refractivity (Wildman–Crippen MR) is 104 cm³/mol. The smallest absolute Gasteiger partial charge is 0.270 e. The lowest BCUT2D eigenvalue weighted by Gasteiger charge is -2.07. The van der Waals surface area contributed by atoms with Gasteiger partial charge in [0, 0.05) is 23.1 Å². The van der Waals surface area contributed by atoms with Crippen LogP contribution in [0.5, 0.6) is 0 Å². The second kappa shape index (κ2) is 7.98. The van der Waals surface area contributed by atoms with Crippen LogP contribution in [0.3, 0.4) is 0 Å². The van der Waals surface area contributed by atoms with Crippen molar-refractivity contribution in [3.05, 3.63) is 75.4 Å². The number of aromatic nitrogens is 1. The van der Waals surface area contributed by atoms with Crippen molar-refractivity contribution in [3.63, 3.8) is 0 Å². The van der Waals surface area contributed by atoms with Crippen LogP contribution in [-0.2, 0) is 0 Å². The van der Waals surface area contributed by atoms with Crippen molar-refractivity contribution in [2.45, 2.75) is 0 Å². The van der Waals surface area contributed by atoms with Crippen LogP contribution in [0.15, 0.2) is 53.9 Å². The molecule has 1 aromatic heterocycles. The van der Waals surface area contributed by atoms with Crippen LogP contribution in [0, 0.1) is 15.9 Å². The van der Waals surface area contributed by atoms with Gasteiger partial charge in [-0.15, -0.1) is 11.3 Å². The highest BCUT2D eigenvalue weighted by molar-refractivity contribution is 7.80. The van der Waals surface area contributed by atoms with Crippen LogP contribution >= 0.6 is 23.6 Å². The Balaban J connectivity index is 1.68. The molecule has 2 aromatic carbocycles. The summed E-state index contributed by atoms with van der Waals surface area (Å²) >= 11 is 6.26. The largest absolute Gasteiger partial charge is 0.308 e. The maximum absolute atomic E-state index is 13.6. The van der Waals surface area contributed by atoms with Gasteiger partial charge in [0.2, 0.25) is 0 Å². The number of nitro benzene ring substituents is 1. The van der Waals surface area contributed by atoms with Crippen LogP contribution in [-0.4, -0.2) is 20.9 Å². The average Bonchev–Trinajstić information content (AvgIpc) is 3.10. The van der Waals surface area contributed by atoms with Gasteiger partial charge in [-0.1, -0.05) is 24.3 Å². The lowest BCUT2D eigenvalue weighted by atomic mass is 10.1. The van der Waals surface area contributed by atoms with Gasteiger partial charge < -0.3 is 5.32 Å². The quantitative estimate of drug-likeness (QED) is 0.389. The Morgan fingerprint density at radius 1 is 1.22 bits per heavy atom. The third kappa shape index (κ3) is 4.49. The first-order chi connectivity index (χ1) is 12.9. The molecular formula is C17H11FN4O3S2. The van der Waals surface area contributed by atoms with E-state index in [1.807, 2.05) is 0 Å². The molecule has 7 nitrogen and oxygen atoms in total. The minimum atomic E-state index is -0.680. The molecule has 0 fully saturated rings. The number of rotatable bonds is 4. The normalized spacial score (nSPS) is 10.3. The number of nitro groups is 1. The number of thiocarbonyl (C=S) groups is 1. The number of halogens is 1. The average molecular weight is 402 g/mol. The van der Waals surface area contributed by atoms with E-state index in [0.717, 1.165) is 0 Å². The van der Waals surface area contributed by atoms with Gasteiger partial charge in [0.15, 0.2) is 10.2 Å². The summed E-state index contributed by atoms with van der Waals surface area (Å²) in [6.45, 7) is 0. The van der Waals surface area contributed by atoms with Gasteiger partial charge in [0.05, 0.1) is 16.2 Å². The van der Waals surface area contributed by atoms with E-state index in [-0.39, 0.29) is 16.4 Å². The number of nitrogens with one attached hydrogen (secondary N) is 2. The van der Waals surface area contributed by atoms with Crippen molar-refractivity contribution < 1.29 is 14.1 Å². The number of anilines is 1. The molecule has 10 heteroatoms. The highest BCUT2D eigenvalue weighted by Crippen LogP contribution is 2.27. The van der Waals surface area contributed by atoms with Gasteiger partial charge in [-0.2, -0.15) is 0 Å². The molecule has 0 unspecified atom stereocenters. The SMILES string of the molecule is O=C(NC(=S)Nc1nc(-c2cccc([N+](=O)[O-])c2)cs1)c1ccccc1F. The Labute approximate surface area is 162 Å². The molecule has 136 valence electrons. The number of amides is 1. The molecule has 3 rings (SSSR count). The van der Waals surface area contributed by atoms with Crippen molar-refractivity contribution in [1.29, 1.82) is 0 Å². The molecule has 0 aliphatic rings. The van der Waals surface area contributed by atoms with Crippen molar-refractivity contribution in [3.8, 4) is 11.3 Å². The van der Waals surface area contributed by atoms with Crippen LogP contribution < -0.4 is 10.6 Å². The topological polar surface area (TPSA) is 97.2 Å². The molecule has 0 saturated carbocycles. The van der Waals surface area contributed by atoms with Gasteiger partial charge in [-0.05, 0) is 24.4 Å². The summed E-state index contributed by atoms with van der Waals surface area (Å²) in [5, 5.41) is 18.0. The summed E-state index contributed by atoms with van der Waals surface area (Å²) < 4.78 is 13.6. The van der Waals surface area contributed by atoms with E-state index < -0.39 is 16.6 Å². The molecule has 0 spiro atoms. The minimum Gasteiger partial charge on any atom is -0.308 e. The Kier molecular flexibility index (Phi) is 5.48. The molecule has 3 aromatic rings. The molecule has 0 saturated heterocycles. The van der Waals surface area contributed by atoms with E-state index in [1.165, 1.54) is 41.7 Å². The summed E-state index contributed by atoms with van der Waals surface area (Å²) in [5.41, 5.74) is 0.935. The zero-order valence-electron chi connectivity index (χ0n) is 13.5. The maximum Gasteiger partial charge on any atom is 0.270 e. The first-order valence-electron chi connectivity index (χ1n) is 7.51. The van der Waals surface area contributed by atoms with Gasteiger partial charge >= 0.3 is 0 Å². The van der Waals surface area contributed by atoms with E-state index in [0.29, 0.717) is 16.4 Å². The van der Waals surface area contributed by atoms with Crippen LogP contribution in [0.1, 0.15) is 10.4 Å². The number of carbonyl (C=O) groups excluding carboxylic acids is 1. The third-order valence-corrected chi connectivity index (χ3v) is 4.38. The van der Waals surface area contributed by atoms with E-state index >= 15 is 0 Å². The first-order valence-corrected chi connectivity index (χ1v) is 8.80. The fraction of sp³-hybridized carbons (Fsp3) is 0. The summed E-state index contributed by atoms with van der Waals surface area (Å²) in [7, 11) is 0. The maximum atomic E-state index is 13.6. The highest BCUT2D eigenvalue weighted by Gasteiger charge is 2.14. The standard InChI is InChI=1S/C17H11FN4O3S2/c18-13-7-2-1-6-12(13)15(23)20-16(26)21-17-19-14(9-27-17)10-4-3-5-11(8-10)22(24)25/h1-9H,(H2,19,20,21,23,26). The van der Waals surface area contributed by atoms with Crippen LogP contribution in [0.2, 0.25) is 0 Å². The predicted octanol–water partition coefficient (Wildman–Crippen LogP) is 3.98. The van der Waals surface area contributed by atoms with Gasteiger partial charge in [0.1, 0.15) is 5.82 Å². The number of non-ortho nitro benzene ring substituents is 1. The van der Waals surface area contributed by atoms with Crippen molar-refractivity contribution >= 4 is 45.4 Å². The molecule has 1 amide bonds. The summed E-state index contributed by atoms with van der Waals surface area (Å²) in [6.07, 6.45) is 0. The lowest BCUT2D eigenvalue weighted by molar-refractivity contribution is -0.384. The Morgan fingerprint density at radius 3 is 2.74 bits per heavy atom. The van der Waals surface area contributed by atoms with E-state index in [9.17, 15) is 19.3 Å².